The summed E-state index contributed by atoms with van der Waals surface area (Å²) >= 11 is 7.96. The number of urea groups is 1. The van der Waals surface area contributed by atoms with E-state index in [4.69, 9.17) is 11.6 Å². The van der Waals surface area contributed by atoms with Crippen LogP contribution in [0.5, 0.6) is 0 Å². The third-order valence-corrected chi connectivity index (χ3v) is 6.69. The topological polar surface area (TPSA) is 44.4 Å². The Balaban J connectivity index is 1.36. The van der Waals surface area contributed by atoms with E-state index in [2.05, 4.69) is 33.0 Å². The van der Waals surface area contributed by atoms with Crippen molar-refractivity contribution in [3.05, 3.63) is 51.7 Å². The highest BCUT2D eigenvalue weighted by Crippen LogP contribution is 2.35. The number of halogens is 1. The van der Waals surface area contributed by atoms with Crippen molar-refractivity contribution in [1.29, 1.82) is 0 Å². The van der Waals surface area contributed by atoms with Gasteiger partial charge in [0.05, 0.1) is 10.7 Å². The molecule has 138 valence electrons. The van der Waals surface area contributed by atoms with Gasteiger partial charge in [-0.25, -0.2) is 4.79 Å². The highest BCUT2D eigenvalue weighted by Gasteiger charge is 2.38. The number of rotatable bonds is 4. The van der Waals surface area contributed by atoms with E-state index in [0.717, 1.165) is 19.4 Å². The number of thiophene rings is 1. The Kier molecular flexibility index (Phi) is 5.48. The minimum atomic E-state index is -0.159. The average molecular weight is 390 g/mol. The number of carbonyl (C=O) groups excluding carboxylic acids is 1. The highest BCUT2D eigenvalue weighted by atomic mass is 35.5. The van der Waals surface area contributed by atoms with Crippen molar-refractivity contribution in [1.82, 2.24) is 10.2 Å². The summed E-state index contributed by atoms with van der Waals surface area (Å²) in [6, 6.07) is 12.9. The van der Waals surface area contributed by atoms with Gasteiger partial charge < -0.3 is 10.6 Å². The van der Waals surface area contributed by atoms with Crippen molar-refractivity contribution < 1.29 is 4.79 Å². The molecule has 0 saturated carbocycles. The number of amides is 2. The third kappa shape index (κ3) is 4.05. The Morgan fingerprint density at radius 2 is 1.92 bits per heavy atom. The van der Waals surface area contributed by atoms with Crippen LogP contribution in [0.25, 0.3) is 0 Å². The van der Waals surface area contributed by atoms with E-state index in [1.807, 2.05) is 29.5 Å². The zero-order valence-electron chi connectivity index (χ0n) is 14.7. The number of hydrogen-bond donors (Lipinski definition) is 2. The van der Waals surface area contributed by atoms with E-state index in [9.17, 15) is 4.79 Å². The molecule has 0 spiro atoms. The summed E-state index contributed by atoms with van der Waals surface area (Å²) < 4.78 is 0. The fourth-order valence-electron chi connectivity index (χ4n) is 4.34. The Hall–Kier alpha value is -1.56. The number of nitrogens with one attached hydrogen (secondary N) is 2. The van der Waals surface area contributed by atoms with E-state index in [-0.39, 0.29) is 12.1 Å². The van der Waals surface area contributed by atoms with Crippen molar-refractivity contribution in [2.45, 2.75) is 56.8 Å². The second kappa shape index (κ2) is 7.99. The lowest BCUT2D eigenvalue weighted by Gasteiger charge is -2.48. The van der Waals surface area contributed by atoms with Crippen LogP contribution in [0.3, 0.4) is 0 Å². The molecule has 2 amide bonds. The van der Waals surface area contributed by atoms with Gasteiger partial charge in [-0.15, -0.1) is 11.3 Å². The Morgan fingerprint density at radius 3 is 2.62 bits per heavy atom. The number of nitrogens with zero attached hydrogens (tertiary/aromatic N) is 1. The first-order valence-electron chi connectivity index (χ1n) is 9.29. The molecule has 2 aliphatic heterocycles. The Bertz CT molecular complexity index is 737. The SMILES string of the molecule is O=C(Nc1ccccc1Cl)NC1C[C@H]2CCC[C@H](C1)N2Cc1cccs1. The molecule has 2 aliphatic rings. The summed E-state index contributed by atoms with van der Waals surface area (Å²) in [6.45, 7) is 1.05. The molecule has 2 fully saturated rings. The molecule has 2 N–H and O–H groups in total. The normalized spacial score (nSPS) is 25.7. The fourth-order valence-corrected chi connectivity index (χ4v) is 5.24. The first kappa shape index (κ1) is 17.8. The Morgan fingerprint density at radius 1 is 1.15 bits per heavy atom. The first-order valence-corrected chi connectivity index (χ1v) is 10.5. The number of hydrogen-bond acceptors (Lipinski definition) is 3. The summed E-state index contributed by atoms with van der Waals surface area (Å²) in [4.78, 5) is 16.5. The van der Waals surface area contributed by atoms with Crippen LogP contribution in [0.1, 0.15) is 37.0 Å². The van der Waals surface area contributed by atoms with Gasteiger partial charge in [-0.2, -0.15) is 0 Å². The van der Waals surface area contributed by atoms with E-state index in [1.54, 1.807) is 6.07 Å². The maximum Gasteiger partial charge on any atom is 0.319 e. The molecule has 1 aromatic heterocycles. The monoisotopic (exact) mass is 389 g/mol. The van der Waals surface area contributed by atoms with Gasteiger partial charge in [-0.05, 0) is 49.3 Å². The number of anilines is 1. The second-order valence-corrected chi connectivity index (χ2v) is 8.68. The molecule has 0 unspecified atom stereocenters. The fraction of sp³-hybridized carbons (Fsp3) is 0.450. The largest absolute Gasteiger partial charge is 0.335 e. The predicted molar refractivity (Wildman–Crippen MR) is 108 cm³/mol. The number of benzene rings is 1. The lowest BCUT2D eigenvalue weighted by atomic mass is 9.81. The van der Waals surface area contributed by atoms with Gasteiger partial charge in [-0.1, -0.05) is 36.2 Å². The van der Waals surface area contributed by atoms with Crippen LogP contribution in [0, 0.1) is 0 Å². The molecular weight excluding hydrogens is 366 g/mol. The molecule has 0 radical (unpaired) electrons. The molecule has 2 saturated heterocycles. The van der Waals surface area contributed by atoms with Gasteiger partial charge in [0.1, 0.15) is 0 Å². The van der Waals surface area contributed by atoms with Crippen LogP contribution in [0.4, 0.5) is 10.5 Å². The molecule has 4 nitrogen and oxygen atoms in total. The molecule has 2 bridgehead atoms. The molecule has 0 aliphatic carbocycles. The molecule has 2 aromatic rings. The van der Waals surface area contributed by atoms with E-state index in [0.29, 0.717) is 22.8 Å². The summed E-state index contributed by atoms with van der Waals surface area (Å²) in [5.74, 6) is 0. The van der Waals surface area contributed by atoms with Crippen molar-refractivity contribution in [2.75, 3.05) is 5.32 Å². The third-order valence-electron chi connectivity index (χ3n) is 5.50. The van der Waals surface area contributed by atoms with Crippen LogP contribution in [-0.4, -0.2) is 29.1 Å². The molecular formula is C20H24ClN3OS. The van der Waals surface area contributed by atoms with Gasteiger partial charge in [0.25, 0.3) is 0 Å². The smallest absolute Gasteiger partial charge is 0.319 e. The summed E-state index contributed by atoms with van der Waals surface area (Å²) in [5.41, 5.74) is 0.655. The van der Waals surface area contributed by atoms with E-state index >= 15 is 0 Å². The lowest BCUT2D eigenvalue weighted by molar-refractivity contribution is 0.0208. The van der Waals surface area contributed by atoms with Gasteiger partial charge in [0.2, 0.25) is 0 Å². The lowest BCUT2D eigenvalue weighted by Crippen LogP contribution is -2.56. The molecule has 26 heavy (non-hydrogen) atoms. The maximum atomic E-state index is 12.4. The van der Waals surface area contributed by atoms with Crippen molar-refractivity contribution >= 4 is 34.7 Å². The number of para-hydroxylation sites is 1. The van der Waals surface area contributed by atoms with E-state index < -0.39 is 0 Å². The molecule has 2 atom stereocenters. The minimum absolute atomic E-state index is 0.159. The number of carbonyl (C=O) groups is 1. The zero-order chi connectivity index (χ0) is 17.9. The van der Waals surface area contributed by atoms with Gasteiger partial charge in [0, 0.05) is 29.5 Å². The molecule has 1 aromatic carbocycles. The summed E-state index contributed by atoms with van der Waals surface area (Å²) in [5, 5.41) is 8.76. The van der Waals surface area contributed by atoms with Crippen LogP contribution >= 0.6 is 22.9 Å². The van der Waals surface area contributed by atoms with Gasteiger partial charge in [0.15, 0.2) is 0 Å². The first-order chi connectivity index (χ1) is 12.7. The highest BCUT2D eigenvalue weighted by molar-refractivity contribution is 7.09. The van der Waals surface area contributed by atoms with Gasteiger partial charge in [-0.3, -0.25) is 4.90 Å². The average Bonchev–Trinajstić information content (AvgIpc) is 3.11. The van der Waals surface area contributed by atoms with E-state index in [1.165, 1.54) is 24.1 Å². The molecule has 6 heteroatoms. The van der Waals surface area contributed by atoms with Crippen LogP contribution in [0.2, 0.25) is 5.02 Å². The van der Waals surface area contributed by atoms with Crippen molar-refractivity contribution in [3.63, 3.8) is 0 Å². The summed E-state index contributed by atoms with van der Waals surface area (Å²) in [7, 11) is 0. The van der Waals surface area contributed by atoms with Crippen molar-refractivity contribution in [3.8, 4) is 0 Å². The van der Waals surface area contributed by atoms with Crippen molar-refractivity contribution in [2.24, 2.45) is 0 Å². The van der Waals surface area contributed by atoms with Gasteiger partial charge >= 0.3 is 6.03 Å². The predicted octanol–water partition coefficient (Wildman–Crippen LogP) is 5.11. The van der Waals surface area contributed by atoms with Crippen LogP contribution < -0.4 is 10.6 Å². The zero-order valence-corrected chi connectivity index (χ0v) is 16.2. The van der Waals surface area contributed by atoms with Crippen LogP contribution in [0.15, 0.2) is 41.8 Å². The summed E-state index contributed by atoms with van der Waals surface area (Å²) in [6.07, 6.45) is 5.81. The minimum Gasteiger partial charge on any atom is -0.335 e. The quantitative estimate of drug-likeness (QED) is 0.763. The number of fused-ring (bicyclic) bond motifs is 2. The van der Waals surface area contributed by atoms with Crippen LogP contribution in [-0.2, 0) is 6.54 Å². The molecule has 3 heterocycles. The standard InChI is InChI=1S/C20H24ClN3OS/c21-18-8-1-2-9-19(18)23-20(25)22-14-11-15-5-3-6-16(12-14)24(15)13-17-7-4-10-26-17/h1-2,4,7-10,14-16H,3,5-6,11-13H2,(H2,22,23,25)/t15-,16-/m1/s1. The number of piperidine rings is 2. The maximum absolute atomic E-state index is 12.4. The Labute approximate surface area is 163 Å². The molecule has 4 rings (SSSR count). The second-order valence-electron chi connectivity index (χ2n) is 7.24.